The smallest absolute Gasteiger partial charge is 0.0205 e. The molecule has 0 atom stereocenters. The van der Waals surface area contributed by atoms with E-state index >= 15 is 0 Å². The van der Waals surface area contributed by atoms with E-state index in [2.05, 4.69) is 60.9 Å². The minimum Gasteiger partial charge on any atom is -0.313 e. The van der Waals surface area contributed by atoms with Gasteiger partial charge in [-0.15, -0.1) is 0 Å². The van der Waals surface area contributed by atoms with Crippen LogP contribution in [0.25, 0.3) is 10.8 Å². The second kappa shape index (κ2) is 6.53. The largest absolute Gasteiger partial charge is 0.313 e. The molecule has 0 saturated heterocycles. The van der Waals surface area contributed by atoms with Gasteiger partial charge in [0.25, 0.3) is 0 Å². The molecule has 0 heterocycles. The van der Waals surface area contributed by atoms with Crippen LogP contribution in [0, 0.1) is 0 Å². The number of fused-ring (bicyclic) bond motifs is 1. The lowest BCUT2D eigenvalue weighted by Gasteiger charge is -2.07. The van der Waals surface area contributed by atoms with Crippen LogP contribution in [-0.2, 0) is 13.1 Å². The van der Waals surface area contributed by atoms with Gasteiger partial charge in [0.15, 0.2) is 0 Å². The van der Waals surface area contributed by atoms with E-state index in [9.17, 15) is 0 Å². The average Bonchev–Trinajstić information content (AvgIpc) is 2.42. The first-order valence-electron chi connectivity index (χ1n) is 6.76. The van der Waals surface area contributed by atoms with Crippen molar-refractivity contribution in [3.05, 3.63) is 47.5 Å². The normalized spacial score (nSPS) is 11.0. The predicted octanol–water partition coefficient (Wildman–Crippen LogP) is 3.06. The molecule has 0 saturated carbocycles. The molecular weight excluding hydrogens is 220 g/mol. The van der Waals surface area contributed by atoms with Crippen LogP contribution < -0.4 is 10.6 Å². The minimum atomic E-state index is 0.950. The molecule has 0 radical (unpaired) electrons. The lowest BCUT2D eigenvalue weighted by molar-refractivity contribution is 0.726. The number of hydrogen-bond acceptors (Lipinski definition) is 2. The molecule has 0 aliphatic rings. The standard InChI is InChI=1S/C16H22N2/c1-3-17-11-13-5-7-16-10-14(12-18-4-2)6-8-15(16)9-13/h5-10,17-18H,3-4,11-12H2,1-2H3. The number of benzene rings is 2. The van der Waals surface area contributed by atoms with Gasteiger partial charge in [-0.25, -0.2) is 0 Å². The maximum absolute atomic E-state index is 3.36. The lowest BCUT2D eigenvalue weighted by Crippen LogP contribution is -2.12. The van der Waals surface area contributed by atoms with Crippen LogP contribution in [0.5, 0.6) is 0 Å². The Morgan fingerprint density at radius 3 is 1.56 bits per heavy atom. The Bertz CT molecular complexity index is 458. The summed E-state index contributed by atoms with van der Waals surface area (Å²) in [6.07, 6.45) is 0. The Morgan fingerprint density at radius 1 is 0.722 bits per heavy atom. The molecule has 2 aromatic rings. The summed E-state index contributed by atoms with van der Waals surface area (Å²) in [5.41, 5.74) is 2.70. The molecule has 0 unspecified atom stereocenters. The van der Waals surface area contributed by atoms with Crippen molar-refractivity contribution in [2.75, 3.05) is 13.1 Å². The lowest BCUT2D eigenvalue weighted by atomic mass is 10.0. The van der Waals surface area contributed by atoms with Gasteiger partial charge in [-0.05, 0) is 47.1 Å². The Balaban J connectivity index is 2.19. The van der Waals surface area contributed by atoms with Crippen molar-refractivity contribution < 1.29 is 0 Å². The molecule has 0 bridgehead atoms. The third-order valence-electron chi connectivity index (χ3n) is 3.13. The van der Waals surface area contributed by atoms with Crippen LogP contribution in [-0.4, -0.2) is 13.1 Å². The van der Waals surface area contributed by atoms with Gasteiger partial charge in [0, 0.05) is 13.1 Å². The second-order valence-electron chi connectivity index (χ2n) is 4.58. The van der Waals surface area contributed by atoms with E-state index in [0.717, 1.165) is 26.2 Å². The van der Waals surface area contributed by atoms with E-state index in [1.165, 1.54) is 21.9 Å². The van der Waals surface area contributed by atoms with Gasteiger partial charge in [0.2, 0.25) is 0 Å². The molecule has 0 aliphatic heterocycles. The van der Waals surface area contributed by atoms with Crippen molar-refractivity contribution in [2.45, 2.75) is 26.9 Å². The van der Waals surface area contributed by atoms with E-state index in [1.807, 2.05) is 0 Å². The highest BCUT2D eigenvalue weighted by Gasteiger charge is 1.98. The zero-order valence-electron chi connectivity index (χ0n) is 11.3. The third-order valence-corrected chi connectivity index (χ3v) is 3.13. The van der Waals surface area contributed by atoms with Gasteiger partial charge in [-0.1, -0.05) is 38.1 Å². The molecule has 96 valence electrons. The van der Waals surface area contributed by atoms with Gasteiger partial charge >= 0.3 is 0 Å². The SMILES string of the molecule is CCNCc1ccc2cc(CNCC)ccc2c1. The van der Waals surface area contributed by atoms with Crippen LogP contribution >= 0.6 is 0 Å². The molecule has 2 heteroatoms. The Morgan fingerprint density at radius 2 is 1.17 bits per heavy atom. The van der Waals surface area contributed by atoms with Crippen molar-refractivity contribution in [2.24, 2.45) is 0 Å². The van der Waals surface area contributed by atoms with Gasteiger partial charge in [0.05, 0.1) is 0 Å². The molecule has 0 spiro atoms. The quantitative estimate of drug-likeness (QED) is 0.813. The van der Waals surface area contributed by atoms with Gasteiger partial charge in [-0.3, -0.25) is 0 Å². The third kappa shape index (κ3) is 3.31. The first-order chi connectivity index (χ1) is 8.83. The molecule has 2 rings (SSSR count). The van der Waals surface area contributed by atoms with Gasteiger partial charge in [0.1, 0.15) is 0 Å². The number of rotatable bonds is 6. The zero-order valence-corrected chi connectivity index (χ0v) is 11.3. The zero-order chi connectivity index (χ0) is 12.8. The molecule has 2 nitrogen and oxygen atoms in total. The second-order valence-corrected chi connectivity index (χ2v) is 4.58. The number of hydrogen-bond donors (Lipinski definition) is 2. The monoisotopic (exact) mass is 242 g/mol. The van der Waals surface area contributed by atoms with Crippen molar-refractivity contribution in [1.29, 1.82) is 0 Å². The van der Waals surface area contributed by atoms with E-state index in [4.69, 9.17) is 0 Å². The maximum Gasteiger partial charge on any atom is 0.0205 e. The van der Waals surface area contributed by atoms with E-state index in [0.29, 0.717) is 0 Å². The van der Waals surface area contributed by atoms with Gasteiger partial charge in [-0.2, -0.15) is 0 Å². The highest BCUT2D eigenvalue weighted by atomic mass is 14.8. The molecule has 0 aromatic heterocycles. The summed E-state index contributed by atoms with van der Waals surface area (Å²) >= 11 is 0. The minimum absolute atomic E-state index is 0.950. The molecule has 0 fully saturated rings. The summed E-state index contributed by atoms with van der Waals surface area (Å²) < 4.78 is 0. The van der Waals surface area contributed by atoms with E-state index < -0.39 is 0 Å². The summed E-state index contributed by atoms with van der Waals surface area (Å²) in [6, 6.07) is 13.4. The van der Waals surface area contributed by atoms with Crippen LogP contribution in [0.3, 0.4) is 0 Å². The molecule has 2 aromatic carbocycles. The Hall–Kier alpha value is -1.38. The van der Waals surface area contributed by atoms with Gasteiger partial charge < -0.3 is 10.6 Å². The summed E-state index contributed by atoms with van der Waals surface area (Å²) in [6.45, 7) is 8.19. The van der Waals surface area contributed by atoms with Crippen molar-refractivity contribution in [1.82, 2.24) is 10.6 Å². The van der Waals surface area contributed by atoms with E-state index in [-0.39, 0.29) is 0 Å². The summed E-state index contributed by atoms with van der Waals surface area (Å²) in [4.78, 5) is 0. The Kier molecular flexibility index (Phi) is 4.73. The van der Waals surface area contributed by atoms with Crippen molar-refractivity contribution in [3.63, 3.8) is 0 Å². The topological polar surface area (TPSA) is 24.1 Å². The molecule has 18 heavy (non-hydrogen) atoms. The fraction of sp³-hybridized carbons (Fsp3) is 0.375. The highest BCUT2D eigenvalue weighted by molar-refractivity contribution is 5.83. The van der Waals surface area contributed by atoms with Crippen LogP contribution in [0.15, 0.2) is 36.4 Å². The first kappa shape index (κ1) is 13.1. The summed E-state index contributed by atoms with van der Waals surface area (Å²) in [5.74, 6) is 0. The molecule has 0 aliphatic carbocycles. The van der Waals surface area contributed by atoms with Crippen LogP contribution in [0.2, 0.25) is 0 Å². The van der Waals surface area contributed by atoms with Crippen molar-refractivity contribution in [3.8, 4) is 0 Å². The average molecular weight is 242 g/mol. The molecular formula is C16H22N2. The summed E-state index contributed by atoms with van der Waals surface area (Å²) in [5, 5.41) is 9.37. The van der Waals surface area contributed by atoms with Crippen LogP contribution in [0.1, 0.15) is 25.0 Å². The van der Waals surface area contributed by atoms with E-state index in [1.54, 1.807) is 0 Å². The molecule has 0 amide bonds. The summed E-state index contributed by atoms with van der Waals surface area (Å²) in [7, 11) is 0. The number of nitrogens with one attached hydrogen (secondary N) is 2. The first-order valence-corrected chi connectivity index (χ1v) is 6.76. The molecule has 2 N–H and O–H groups in total. The Labute approximate surface area is 109 Å². The maximum atomic E-state index is 3.36. The highest BCUT2D eigenvalue weighted by Crippen LogP contribution is 2.18. The van der Waals surface area contributed by atoms with Crippen molar-refractivity contribution >= 4 is 10.8 Å². The predicted molar refractivity (Wildman–Crippen MR) is 78.7 cm³/mol. The van der Waals surface area contributed by atoms with Crippen LogP contribution in [0.4, 0.5) is 0 Å². The fourth-order valence-corrected chi connectivity index (χ4v) is 2.10. The fourth-order valence-electron chi connectivity index (χ4n) is 2.10.